The van der Waals surface area contributed by atoms with Gasteiger partial charge in [-0.1, -0.05) is 36.0 Å². The van der Waals surface area contributed by atoms with Crippen LogP contribution in [-0.2, 0) is 11.2 Å². The summed E-state index contributed by atoms with van der Waals surface area (Å²) in [5.41, 5.74) is 2.01. The third-order valence-corrected chi connectivity index (χ3v) is 6.51. The molecule has 9 heteroatoms. The Kier molecular flexibility index (Phi) is 8.12. The first kappa shape index (κ1) is 25.1. The lowest BCUT2D eigenvalue weighted by Crippen LogP contribution is -2.28. The number of aromatic nitrogens is 2. The van der Waals surface area contributed by atoms with Crippen molar-refractivity contribution in [3.05, 3.63) is 82.6 Å². The maximum atomic E-state index is 13.4. The summed E-state index contributed by atoms with van der Waals surface area (Å²) in [4.78, 5) is 30.7. The molecule has 8 nitrogen and oxygen atoms in total. The van der Waals surface area contributed by atoms with Crippen LogP contribution in [0.3, 0.4) is 0 Å². The molecule has 1 N–H and O–H groups in total. The molecule has 0 saturated heterocycles. The highest BCUT2D eigenvalue weighted by Gasteiger charge is 2.15. The molecule has 36 heavy (non-hydrogen) atoms. The number of nitrogens with zero attached hydrogens (tertiary/aromatic N) is 2. The maximum absolute atomic E-state index is 13.4. The molecule has 1 amide bonds. The third-order valence-electron chi connectivity index (χ3n) is 5.57. The average molecular weight is 506 g/mol. The van der Waals surface area contributed by atoms with Crippen LogP contribution in [0.5, 0.6) is 17.2 Å². The van der Waals surface area contributed by atoms with Crippen molar-refractivity contribution in [2.75, 3.05) is 33.6 Å². The van der Waals surface area contributed by atoms with E-state index in [0.29, 0.717) is 52.0 Å². The van der Waals surface area contributed by atoms with Crippen LogP contribution in [0.2, 0.25) is 0 Å². The number of hydrogen-bond acceptors (Lipinski definition) is 7. The second-order valence-corrected chi connectivity index (χ2v) is 8.77. The minimum atomic E-state index is -0.204. The van der Waals surface area contributed by atoms with Crippen LogP contribution in [-0.4, -0.2) is 49.1 Å². The zero-order chi connectivity index (χ0) is 25.5. The lowest BCUT2D eigenvalue weighted by atomic mass is 10.1. The van der Waals surface area contributed by atoms with Gasteiger partial charge in [0.2, 0.25) is 5.91 Å². The average Bonchev–Trinajstić information content (AvgIpc) is 2.91. The first-order valence-electron chi connectivity index (χ1n) is 11.3. The number of amides is 1. The first-order valence-corrected chi connectivity index (χ1v) is 12.3. The fourth-order valence-electron chi connectivity index (χ4n) is 3.75. The number of para-hydroxylation sites is 1. The van der Waals surface area contributed by atoms with E-state index in [9.17, 15) is 9.59 Å². The Morgan fingerprint density at radius 3 is 2.53 bits per heavy atom. The lowest BCUT2D eigenvalue weighted by molar-refractivity contribution is -0.118. The highest BCUT2D eigenvalue weighted by molar-refractivity contribution is 7.99. The van der Waals surface area contributed by atoms with Gasteiger partial charge in [0.15, 0.2) is 16.7 Å². The number of nitrogens with one attached hydrogen (secondary N) is 1. The van der Waals surface area contributed by atoms with Crippen molar-refractivity contribution in [2.24, 2.45) is 0 Å². The largest absolute Gasteiger partial charge is 0.497 e. The molecule has 0 fully saturated rings. The topological polar surface area (TPSA) is 91.7 Å². The molecule has 1 heterocycles. The Labute approximate surface area is 213 Å². The summed E-state index contributed by atoms with van der Waals surface area (Å²) in [7, 11) is 4.75. The normalized spacial score (nSPS) is 10.8. The standard InChI is InChI=1S/C27H27N3O5S/c1-33-20-8-6-7-19(16-20)30-26(32)21-9-4-5-10-22(21)29-27(30)36-17-25(31)28-14-13-18-11-12-23(34-2)24(15-18)35-3/h4-12,15-16H,13-14,17H2,1-3H3,(H,28,31). The van der Waals surface area contributed by atoms with Crippen molar-refractivity contribution < 1.29 is 19.0 Å². The smallest absolute Gasteiger partial charge is 0.266 e. The van der Waals surface area contributed by atoms with E-state index in [-0.39, 0.29) is 17.2 Å². The Hall–Kier alpha value is -3.98. The van der Waals surface area contributed by atoms with Gasteiger partial charge in [0.05, 0.1) is 43.7 Å². The molecule has 0 spiro atoms. The number of hydrogen-bond donors (Lipinski definition) is 1. The van der Waals surface area contributed by atoms with Gasteiger partial charge in [-0.2, -0.15) is 0 Å². The molecule has 0 saturated carbocycles. The van der Waals surface area contributed by atoms with Gasteiger partial charge in [0, 0.05) is 12.6 Å². The summed E-state index contributed by atoms with van der Waals surface area (Å²) in [6.07, 6.45) is 0.638. The fourth-order valence-corrected chi connectivity index (χ4v) is 4.59. The number of methoxy groups -OCH3 is 3. The van der Waals surface area contributed by atoms with Crippen molar-refractivity contribution in [3.8, 4) is 22.9 Å². The van der Waals surface area contributed by atoms with Crippen LogP contribution in [0.15, 0.2) is 76.7 Å². The van der Waals surface area contributed by atoms with Crippen LogP contribution >= 0.6 is 11.8 Å². The summed E-state index contributed by atoms with van der Waals surface area (Å²) in [6, 6.07) is 20.1. The number of carbonyl (C=O) groups excluding carboxylic acids is 1. The summed E-state index contributed by atoms with van der Waals surface area (Å²) in [5, 5.41) is 3.87. The second-order valence-electron chi connectivity index (χ2n) is 7.83. The molecular weight excluding hydrogens is 478 g/mol. The fraction of sp³-hybridized carbons (Fsp3) is 0.222. The lowest BCUT2D eigenvalue weighted by Gasteiger charge is -2.14. The van der Waals surface area contributed by atoms with Crippen LogP contribution in [0.4, 0.5) is 0 Å². The molecule has 0 aliphatic heterocycles. The molecule has 0 unspecified atom stereocenters. The number of ether oxygens (including phenoxy) is 3. The first-order chi connectivity index (χ1) is 17.5. The van der Waals surface area contributed by atoms with Gasteiger partial charge in [-0.25, -0.2) is 4.98 Å². The van der Waals surface area contributed by atoms with Gasteiger partial charge >= 0.3 is 0 Å². The summed E-state index contributed by atoms with van der Waals surface area (Å²) < 4.78 is 17.4. The molecular formula is C27H27N3O5S. The molecule has 4 rings (SSSR count). The van der Waals surface area contributed by atoms with Crippen LogP contribution < -0.4 is 25.1 Å². The second kappa shape index (κ2) is 11.6. The molecule has 4 aromatic rings. The molecule has 186 valence electrons. The molecule has 1 aromatic heterocycles. The summed E-state index contributed by atoms with van der Waals surface area (Å²) in [5.74, 6) is 1.89. The molecule has 0 aliphatic rings. The molecule has 3 aromatic carbocycles. The Morgan fingerprint density at radius 2 is 1.75 bits per heavy atom. The number of thioether (sulfide) groups is 1. The molecule has 0 radical (unpaired) electrons. The van der Waals surface area contributed by atoms with Gasteiger partial charge in [0.1, 0.15) is 5.75 Å². The third kappa shape index (κ3) is 5.63. The predicted molar refractivity (Wildman–Crippen MR) is 141 cm³/mol. The SMILES string of the molecule is COc1cccc(-n2c(SCC(=O)NCCc3ccc(OC)c(OC)c3)nc3ccccc3c2=O)c1. The van der Waals surface area contributed by atoms with Gasteiger partial charge < -0.3 is 19.5 Å². The highest BCUT2D eigenvalue weighted by atomic mass is 32.2. The van der Waals surface area contributed by atoms with Crippen molar-refractivity contribution in [3.63, 3.8) is 0 Å². The monoisotopic (exact) mass is 505 g/mol. The number of benzene rings is 3. The summed E-state index contributed by atoms with van der Waals surface area (Å²) in [6.45, 7) is 0.461. The molecule has 0 aliphatic carbocycles. The maximum Gasteiger partial charge on any atom is 0.266 e. The predicted octanol–water partition coefficient (Wildman–Crippen LogP) is 3.86. The van der Waals surface area contributed by atoms with E-state index in [4.69, 9.17) is 14.2 Å². The summed E-state index contributed by atoms with van der Waals surface area (Å²) >= 11 is 1.21. The van der Waals surface area contributed by atoms with E-state index in [1.807, 2.05) is 42.5 Å². The Balaban J connectivity index is 1.49. The Morgan fingerprint density at radius 1 is 0.944 bits per heavy atom. The van der Waals surface area contributed by atoms with Crippen molar-refractivity contribution >= 4 is 28.6 Å². The van der Waals surface area contributed by atoms with Crippen LogP contribution in [0.25, 0.3) is 16.6 Å². The zero-order valence-corrected chi connectivity index (χ0v) is 21.1. The van der Waals surface area contributed by atoms with Crippen molar-refractivity contribution in [1.29, 1.82) is 0 Å². The zero-order valence-electron chi connectivity index (χ0n) is 20.3. The van der Waals surface area contributed by atoms with Gasteiger partial charge in [-0.3, -0.25) is 14.2 Å². The van der Waals surface area contributed by atoms with E-state index in [2.05, 4.69) is 10.3 Å². The number of carbonyl (C=O) groups is 1. The van der Waals surface area contributed by atoms with Crippen LogP contribution in [0.1, 0.15) is 5.56 Å². The number of fused-ring (bicyclic) bond motifs is 1. The van der Waals surface area contributed by atoms with Gasteiger partial charge in [-0.05, 0) is 48.4 Å². The highest BCUT2D eigenvalue weighted by Crippen LogP contribution is 2.27. The van der Waals surface area contributed by atoms with Gasteiger partial charge in [0.25, 0.3) is 5.56 Å². The minimum absolute atomic E-state index is 0.112. The van der Waals surface area contributed by atoms with E-state index in [1.165, 1.54) is 16.3 Å². The number of rotatable bonds is 10. The molecule has 0 bridgehead atoms. The Bertz CT molecular complexity index is 1440. The quantitative estimate of drug-likeness (QED) is 0.258. The van der Waals surface area contributed by atoms with Gasteiger partial charge in [-0.15, -0.1) is 0 Å². The molecule has 0 atom stereocenters. The van der Waals surface area contributed by atoms with E-state index in [1.54, 1.807) is 45.6 Å². The van der Waals surface area contributed by atoms with E-state index in [0.717, 1.165) is 5.56 Å². The van der Waals surface area contributed by atoms with Crippen molar-refractivity contribution in [1.82, 2.24) is 14.9 Å². The van der Waals surface area contributed by atoms with E-state index >= 15 is 0 Å². The minimum Gasteiger partial charge on any atom is -0.497 e. The van der Waals surface area contributed by atoms with Crippen LogP contribution in [0, 0.1) is 0 Å². The van der Waals surface area contributed by atoms with Crippen molar-refractivity contribution in [2.45, 2.75) is 11.6 Å². The van der Waals surface area contributed by atoms with E-state index < -0.39 is 0 Å².